The first-order valence-corrected chi connectivity index (χ1v) is 13.7. The van der Waals surface area contributed by atoms with E-state index in [9.17, 15) is 9.59 Å². The number of aromatic nitrogens is 3. The van der Waals surface area contributed by atoms with Crippen LogP contribution in [-0.2, 0) is 11.3 Å². The van der Waals surface area contributed by atoms with Crippen molar-refractivity contribution in [3.63, 3.8) is 0 Å². The Morgan fingerprint density at radius 1 is 1.10 bits per heavy atom. The fourth-order valence-corrected chi connectivity index (χ4v) is 6.27. The van der Waals surface area contributed by atoms with Crippen LogP contribution < -0.4 is 24.8 Å². The number of amides is 1. The van der Waals surface area contributed by atoms with Gasteiger partial charge in [-0.2, -0.15) is 4.98 Å². The van der Waals surface area contributed by atoms with Crippen LogP contribution in [0.3, 0.4) is 0 Å². The minimum absolute atomic E-state index is 0.0658. The zero-order valence-electron chi connectivity index (χ0n) is 23.1. The number of carbonyl (C=O) groups excluding carboxylic acids is 1. The lowest BCUT2D eigenvalue weighted by molar-refractivity contribution is 0.00540. The summed E-state index contributed by atoms with van der Waals surface area (Å²) in [6.07, 6.45) is 1.31. The molecule has 2 bridgehead atoms. The van der Waals surface area contributed by atoms with E-state index in [4.69, 9.17) is 30.5 Å². The van der Waals surface area contributed by atoms with Crippen LogP contribution in [0.15, 0.2) is 29.1 Å². The van der Waals surface area contributed by atoms with Gasteiger partial charge in [-0.3, -0.25) is 9.47 Å². The van der Waals surface area contributed by atoms with Crippen molar-refractivity contribution in [2.24, 2.45) is 0 Å². The number of piperazine rings is 1. The summed E-state index contributed by atoms with van der Waals surface area (Å²) in [5.74, 6) is 1.98. The predicted molar refractivity (Wildman–Crippen MR) is 149 cm³/mol. The van der Waals surface area contributed by atoms with E-state index in [0.29, 0.717) is 40.6 Å². The predicted octanol–water partition coefficient (Wildman–Crippen LogP) is 3.86. The fourth-order valence-electron chi connectivity index (χ4n) is 6.09. The molecule has 40 heavy (non-hydrogen) atoms. The van der Waals surface area contributed by atoms with Crippen molar-refractivity contribution in [1.82, 2.24) is 19.4 Å². The van der Waals surface area contributed by atoms with Crippen LogP contribution in [0, 0.1) is 0 Å². The van der Waals surface area contributed by atoms with Gasteiger partial charge in [0.1, 0.15) is 28.6 Å². The summed E-state index contributed by atoms with van der Waals surface area (Å²) < 4.78 is 24.4. The van der Waals surface area contributed by atoms with Gasteiger partial charge in [0.25, 0.3) is 0 Å². The molecule has 2 aromatic heterocycles. The van der Waals surface area contributed by atoms with Crippen LogP contribution in [-0.4, -0.2) is 76.6 Å². The monoisotopic (exact) mass is 569 g/mol. The number of carbonyl (C=O) groups is 1. The van der Waals surface area contributed by atoms with Crippen LogP contribution in [0.5, 0.6) is 17.4 Å². The molecule has 3 aliphatic heterocycles. The molecule has 0 radical (unpaired) electrons. The van der Waals surface area contributed by atoms with Crippen molar-refractivity contribution >= 4 is 34.4 Å². The molecule has 0 N–H and O–H groups in total. The largest absolute Gasteiger partial charge is 0.493 e. The molecule has 6 rings (SSSR count). The molecule has 2 saturated heterocycles. The summed E-state index contributed by atoms with van der Waals surface area (Å²) in [5.41, 5.74) is 0.370. The molecule has 12 heteroatoms. The van der Waals surface area contributed by atoms with Crippen molar-refractivity contribution in [3.8, 4) is 17.4 Å². The Morgan fingerprint density at radius 3 is 2.60 bits per heavy atom. The lowest BCUT2D eigenvalue weighted by Crippen LogP contribution is -2.63. The molecule has 3 atom stereocenters. The highest BCUT2D eigenvalue weighted by atomic mass is 35.5. The average molecular weight is 570 g/mol. The number of rotatable bonds is 4. The van der Waals surface area contributed by atoms with Gasteiger partial charge in [-0.1, -0.05) is 17.7 Å². The third kappa shape index (κ3) is 4.46. The Morgan fingerprint density at radius 2 is 1.88 bits per heavy atom. The lowest BCUT2D eigenvalue weighted by atomic mass is 10.0. The van der Waals surface area contributed by atoms with Gasteiger partial charge < -0.3 is 23.8 Å². The molecule has 3 aliphatic rings. The minimum Gasteiger partial charge on any atom is -0.493 e. The Kier molecular flexibility index (Phi) is 6.44. The first-order valence-electron chi connectivity index (χ1n) is 13.3. The van der Waals surface area contributed by atoms with E-state index in [-0.39, 0.29) is 42.5 Å². The summed E-state index contributed by atoms with van der Waals surface area (Å²) in [6.45, 7) is 6.58. The minimum atomic E-state index is -0.601. The Balaban J connectivity index is 1.42. The van der Waals surface area contributed by atoms with Crippen molar-refractivity contribution in [2.45, 2.75) is 63.9 Å². The third-order valence-corrected chi connectivity index (χ3v) is 7.93. The number of hydrogen-bond acceptors (Lipinski definition) is 9. The molecule has 212 valence electrons. The number of nitrogens with zero attached hydrogens (tertiary/aromatic N) is 5. The zero-order valence-corrected chi connectivity index (χ0v) is 23.9. The van der Waals surface area contributed by atoms with E-state index < -0.39 is 11.3 Å². The summed E-state index contributed by atoms with van der Waals surface area (Å²) in [5, 5.41) is 0.828. The molecule has 11 nitrogen and oxygen atoms in total. The standard InChI is InChI=1S/C28H32ClN5O6/c1-28(2,3)40-27(36)34-16-7-8-17(34)19-14-39-25-23-18(11-22(29)30-25)33(26(35)31-24(23)32(19)13-16)12-15-6-9-20(37-4)21(10-15)38-5/h6,9-11,16-17,19H,7-8,12-14H2,1-5H3/t16-,17+,19?/m0/s1. The van der Waals surface area contributed by atoms with Crippen LogP contribution >= 0.6 is 11.6 Å². The zero-order chi connectivity index (χ0) is 28.3. The van der Waals surface area contributed by atoms with E-state index in [0.717, 1.165) is 18.4 Å². The molecule has 5 heterocycles. The van der Waals surface area contributed by atoms with Crippen LogP contribution in [0.2, 0.25) is 5.15 Å². The van der Waals surface area contributed by atoms with Gasteiger partial charge >= 0.3 is 11.8 Å². The fraction of sp³-hybridized carbons (Fsp3) is 0.500. The molecule has 0 spiro atoms. The number of halogens is 1. The van der Waals surface area contributed by atoms with Crippen LogP contribution in [0.4, 0.5) is 10.6 Å². The van der Waals surface area contributed by atoms with Gasteiger partial charge in [0.2, 0.25) is 5.88 Å². The first-order chi connectivity index (χ1) is 19.1. The van der Waals surface area contributed by atoms with E-state index in [2.05, 4.69) is 14.9 Å². The molecule has 2 fully saturated rings. The molecule has 0 saturated carbocycles. The molecule has 1 aromatic carbocycles. The molecule has 3 aromatic rings. The van der Waals surface area contributed by atoms with Gasteiger partial charge in [0, 0.05) is 12.6 Å². The van der Waals surface area contributed by atoms with Crippen molar-refractivity contribution in [3.05, 3.63) is 45.5 Å². The molecular weight excluding hydrogens is 538 g/mol. The van der Waals surface area contributed by atoms with Crippen LogP contribution in [0.25, 0.3) is 10.9 Å². The molecule has 1 unspecified atom stereocenters. The first kappa shape index (κ1) is 26.5. The number of hydrogen-bond donors (Lipinski definition) is 0. The van der Waals surface area contributed by atoms with Crippen molar-refractivity contribution < 1.29 is 23.7 Å². The second-order valence-electron chi connectivity index (χ2n) is 11.4. The second-order valence-corrected chi connectivity index (χ2v) is 11.7. The third-order valence-electron chi connectivity index (χ3n) is 7.74. The van der Waals surface area contributed by atoms with E-state index >= 15 is 0 Å². The van der Waals surface area contributed by atoms with Gasteiger partial charge in [0.15, 0.2) is 11.5 Å². The topological polar surface area (TPSA) is 108 Å². The smallest absolute Gasteiger partial charge is 0.410 e. The maximum absolute atomic E-state index is 13.6. The molecular formula is C28H32ClN5O6. The highest BCUT2D eigenvalue weighted by Gasteiger charge is 2.51. The number of benzene rings is 1. The van der Waals surface area contributed by atoms with Crippen molar-refractivity contribution in [2.75, 3.05) is 32.3 Å². The van der Waals surface area contributed by atoms with Gasteiger partial charge in [-0.15, -0.1) is 0 Å². The number of ether oxygens (including phenoxy) is 4. The number of anilines is 1. The van der Waals surface area contributed by atoms with Gasteiger partial charge in [0.05, 0.1) is 44.4 Å². The second kappa shape index (κ2) is 9.72. The summed E-state index contributed by atoms with van der Waals surface area (Å²) in [6, 6.07) is 6.72. The van der Waals surface area contributed by atoms with Crippen molar-refractivity contribution in [1.29, 1.82) is 0 Å². The van der Waals surface area contributed by atoms with Gasteiger partial charge in [-0.05, 0) is 51.3 Å². The van der Waals surface area contributed by atoms with E-state index in [1.54, 1.807) is 30.9 Å². The average Bonchev–Trinajstić information content (AvgIpc) is 3.14. The van der Waals surface area contributed by atoms with Crippen LogP contribution in [0.1, 0.15) is 39.2 Å². The summed E-state index contributed by atoms with van der Waals surface area (Å²) in [7, 11) is 3.14. The Labute approximate surface area is 236 Å². The van der Waals surface area contributed by atoms with E-state index in [1.807, 2.05) is 37.8 Å². The Hall–Kier alpha value is -3.73. The Bertz CT molecular complexity index is 1550. The highest BCUT2D eigenvalue weighted by Crippen LogP contribution is 2.43. The molecule has 1 amide bonds. The number of methoxy groups -OCH3 is 2. The maximum Gasteiger partial charge on any atom is 0.410 e. The maximum atomic E-state index is 13.6. The highest BCUT2D eigenvalue weighted by molar-refractivity contribution is 6.30. The number of pyridine rings is 1. The normalized spacial score (nSPS) is 21.5. The van der Waals surface area contributed by atoms with E-state index in [1.165, 1.54) is 0 Å². The summed E-state index contributed by atoms with van der Waals surface area (Å²) >= 11 is 6.44. The SMILES string of the molecule is COc1ccc(Cn2c(=O)nc3c4c(nc(Cl)cc42)OCC2[C@H]4CC[C@@H](CN32)N4C(=O)OC(C)(C)C)cc1OC. The summed E-state index contributed by atoms with van der Waals surface area (Å²) in [4.78, 5) is 39.8. The number of fused-ring (bicyclic) bond motifs is 5. The molecule has 0 aliphatic carbocycles. The van der Waals surface area contributed by atoms with Gasteiger partial charge in [-0.25, -0.2) is 14.6 Å². The quantitative estimate of drug-likeness (QED) is 0.433. The lowest BCUT2D eigenvalue weighted by Gasteiger charge is -2.46.